The number of carbonyl (C=O) groups excluding carboxylic acids is 2. The van der Waals surface area contributed by atoms with E-state index in [1.807, 2.05) is 30.5 Å². The summed E-state index contributed by atoms with van der Waals surface area (Å²) in [4.78, 5) is 30.1. The molecule has 158 valence electrons. The molecular weight excluding hydrogens is 454 g/mol. The van der Waals surface area contributed by atoms with Gasteiger partial charge in [-0.1, -0.05) is 11.6 Å². The predicted molar refractivity (Wildman–Crippen MR) is 123 cm³/mol. The molecule has 9 heteroatoms. The largest absolute Gasteiger partial charge is 0.449 e. The number of thioether (sulfide) groups is 1. The molecule has 0 aliphatic heterocycles. The number of amides is 1. The zero-order valence-electron chi connectivity index (χ0n) is 16.7. The minimum atomic E-state index is -1.01. The molecule has 0 saturated carbocycles. The molecule has 0 aliphatic carbocycles. The lowest BCUT2D eigenvalue weighted by Crippen LogP contribution is -2.30. The summed E-state index contributed by atoms with van der Waals surface area (Å²) in [7, 11) is 0. The molecule has 0 aliphatic rings. The molecule has 2 aromatic carbocycles. The van der Waals surface area contributed by atoms with E-state index < -0.39 is 18.0 Å². The molecule has 0 unspecified atom stereocenters. The van der Waals surface area contributed by atoms with Crippen LogP contribution >= 0.6 is 34.7 Å². The summed E-state index contributed by atoms with van der Waals surface area (Å²) < 4.78 is 5.27. The second kappa shape index (κ2) is 10.4. The number of aromatic nitrogens is 1. The summed E-state index contributed by atoms with van der Waals surface area (Å²) in [5.74, 6) is -0.336. The van der Waals surface area contributed by atoms with Crippen LogP contribution in [-0.2, 0) is 15.3 Å². The van der Waals surface area contributed by atoms with Crippen LogP contribution in [0.4, 0.5) is 5.69 Å². The Labute approximate surface area is 193 Å². The Morgan fingerprint density at radius 1 is 1.29 bits per heavy atom. The summed E-state index contributed by atoms with van der Waals surface area (Å²) in [5.41, 5.74) is 2.10. The summed E-state index contributed by atoms with van der Waals surface area (Å²) in [6, 6.07) is 13.5. The normalized spacial score (nSPS) is 11.4. The van der Waals surface area contributed by atoms with E-state index in [0.29, 0.717) is 16.8 Å². The smallest absolute Gasteiger partial charge is 0.338 e. The standard InChI is InChI=1S/C22H18ClN3O3S2/c1-13(21(27)26-17-6-3-16(10-24)20(23)9-17)29-22(28)15-4-7-19(8-5-15)31-12-18-11-30-14(2)25-18/h3-9,11,13H,12H2,1-2H3,(H,26,27)/t13-/m0/s1. The first-order valence-corrected chi connectivity index (χ1v) is 11.5. The van der Waals surface area contributed by atoms with Gasteiger partial charge in [0, 0.05) is 21.7 Å². The van der Waals surface area contributed by atoms with Crippen molar-refractivity contribution in [2.75, 3.05) is 5.32 Å². The fraction of sp³-hybridized carbons (Fsp3) is 0.182. The van der Waals surface area contributed by atoms with Crippen molar-refractivity contribution in [1.29, 1.82) is 5.26 Å². The highest BCUT2D eigenvalue weighted by molar-refractivity contribution is 7.98. The van der Waals surface area contributed by atoms with Crippen LogP contribution in [0.3, 0.4) is 0 Å². The van der Waals surface area contributed by atoms with Crippen LogP contribution in [0, 0.1) is 18.3 Å². The Kier molecular flexibility index (Phi) is 7.69. The average Bonchev–Trinajstić information content (AvgIpc) is 3.17. The van der Waals surface area contributed by atoms with E-state index in [-0.39, 0.29) is 5.02 Å². The minimum absolute atomic E-state index is 0.229. The van der Waals surface area contributed by atoms with E-state index in [2.05, 4.69) is 10.3 Å². The van der Waals surface area contributed by atoms with Gasteiger partial charge in [0.2, 0.25) is 0 Å². The van der Waals surface area contributed by atoms with Gasteiger partial charge in [0.25, 0.3) is 5.91 Å². The molecule has 3 rings (SSSR count). The lowest BCUT2D eigenvalue weighted by atomic mass is 10.2. The SMILES string of the molecule is Cc1nc(CSc2ccc(C(=O)O[C@@H](C)C(=O)Nc3ccc(C#N)c(Cl)c3)cc2)cs1. The van der Waals surface area contributed by atoms with Crippen LogP contribution < -0.4 is 5.32 Å². The van der Waals surface area contributed by atoms with Crippen molar-refractivity contribution < 1.29 is 14.3 Å². The molecule has 0 saturated heterocycles. The van der Waals surface area contributed by atoms with Gasteiger partial charge in [0.1, 0.15) is 6.07 Å². The summed E-state index contributed by atoms with van der Waals surface area (Å²) in [6.45, 7) is 3.46. The van der Waals surface area contributed by atoms with Crippen molar-refractivity contribution in [2.45, 2.75) is 30.6 Å². The number of halogens is 1. The van der Waals surface area contributed by atoms with Gasteiger partial charge in [-0.3, -0.25) is 4.79 Å². The lowest BCUT2D eigenvalue weighted by molar-refractivity contribution is -0.123. The number of hydrogen-bond acceptors (Lipinski definition) is 7. The molecule has 0 bridgehead atoms. The predicted octanol–water partition coefficient (Wildman–Crippen LogP) is 5.45. The monoisotopic (exact) mass is 471 g/mol. The van der Waals surface area contributed by atoms with Crippen molar-refractivity contribution in [3.05, 3.63) is 74.7 Å². The third-order valence-corrected chi connectivity index (χ3v) is 6.33. The third kappa shape index (κ3) is 6.31. The van der Waals surface area contributed by atoms with Crippen molar-refractivity contribution in [1.82, 2.24) is 4.98 Å². The molecule has 0 radical (unpaired) electrons. The van der Waals surface area contributed by atoms with Gasteiger partial charge in [-0.15, -0.1) is 23.1 Å². The number of benzene rings is 2. The first-order chi connectivity index (χ1) is 14.9. The number of ether oxygens (including phenoxy) is 1. The zero-order valence-corrected chi connectivity index (χ0v) is 19.1. The number of nitrogens with one attached hydrogen (secondary N) is 1. The molecule has 31 heavy (non-hydrogen) atoms. The number of carbonyl (C=O) groups is 2. The number of rotatable bonds is 7. The topological polar surface area (TPSA) is 92.1 Å². The van der Waals surface area contributed by atoms with E-state index in [0.717, 1.165) is 21.3 Å². The van der Waals surface area contributed by atoms with Gasteiger partial charge in [-0.25, -0.2) is 9.78 Å². The highest BCUT2D eigenvalue weighted by Gasteiger charge is 2.19. The number of thiazole rings is 1. The van der Waals surface area contributed by atoms with E-state index in [1.165, 1.54) is 19.1 Å². The fourth-order valence-electron chi connectivity index (χ4n) is 2.53. The maximum Gasteiger partial charge on any atom is 0.338 e. The quantitative estimate of drug-likeness (QED) is 0.363. The van der Waals surface area contributed by atoms with Gasteiger partial charge >= 0.3 is 5.97 Å². The Hall–Kier alpha value is -2.86. The Morgan fingerprint density at radius 2 is 2.03 bits per heavy atom. The second-order valence-electron chi connectivity index (χ2n) is 6.51. The number of hydrogen-bond donors (Lipinski definition) is 1. The number of nitriles is 1. The van der Waals surface area contributed by atoms with Crippen molar-refractivity contribution in [3.8, 4) is 6.07 Å². The molecule has 1 N–H and O–H groups in total. The average molecular weight is 472 g/mol. The van der Waals surface area contributed by atoms with Gasteiger partial charge < -0.3 is 10.1 Å². The molecular formula is C22H18ClN3O3S2. The maximum absolute atomic E-state index is 12.4. The first kappa shape index (κ1) is 22.8. The molecule has 6 nitrogen and oxygen atoms in total. The van der Waals surface area contributed by atoms with E-state index in [4.69, 9.17) is 21.6 Å². The van der Waals surface area contributed by atoms with Crippen LogP contribution in [0.1, 0.15) is 33.5 Å². The Bertz CT molecular complexity index is 1140. The second-order valence-corrected chi connectivity index (χ2v) is 9.03. The van der Waals surface area contributed by atoms with Crippen LogP contribution in [0.25, 0.3) is 0 Å². The van der Waals surface area contributed by atoms with E-state index in [9.17, 15) is 9.59 Å². The highest BCUT2D eigenvalue weighted by atomic mass is 35.5. The van der Waals surface area contributed by atoms with Crippen LogP contribution in [0.5, 0.6) is 0 Å². The van der Waals surface area contributed by atoms with Crippen molar-refractivity contribution >= 4 is 52.3 Å². The van der Waals surface area contributed by atoms with Crippen LogP contribution in [0.15, 0.2) is 52.7 Å². The lowest BCUT2D eigenvalue weighted by Gasteiger charge is -2.14. The number of nitrogens with zero attached hydrogens (tertiary/aromatic N) is 2. The van der Waals surface area contributed by atoms with Gasteiger partial charge in [0.05, 0.1) is 26.9 Å². The number of anilines is 1. The van der Waals surface area contributed by atoms with Crippen LogP contribution in [-0.4, -0.2) is 23.0 Å². The Balaban J connectivity index is 1.53. The summed E-state index contributed by atoms with van der Waals surface area (Å²) in [6.07, 6.45) is -1.01. The van der Waals surface area contributed by atoms with Crippen molar-refractivity contribution in [2.24, 2.45) is 0 Å². The zero-order chi connectivity index (χ0) is 22.4. The number of aryl methyl sites for hydroxylation is 1. The molecule has 1 heterocycles. The minimum Gasteiger partial charge on any atom is -0.449 e. The Morgan fingerprint density at radius 3 is 2.65 bits per heavy atom. The van der Waals surface area contributed by atoms with Crippen molar-refractivity contribution in [3.63, 3.8) is 0 Å². The number of esters is 1. The van der Waals surface area contributed by atoms with E-state index >= 15 is 0 Å². The van der Waals surface area contributed by atoms with E-state index in [1.54, 1.807) is 41.3 Å². The fourth-order valence-corrected chi connectivity index (χ4v) is 4.26. The summed E-state index contributed by atoms with van der Waals surface area (Å²) in [5, 5.41) is 14.8. The van der Waals surface area contributed by atoms with Gasteiger partial charge in [-0.05, 0) is 56.3 Å². The molecule has 1 aromatic heterocycles. The third-order valence-electron chi connectivity index (χ3n) is 4.15. The molecule has 3 aromatic rings. The molecule has 0 spiro atoms. The summed E-state index contributed by atoms with van der Waals surface area (Å²) >= 11 is 9.21. The highest BCUT2D eigenvalue weighted by Crippen LogP contribution is 2.24. The van der Waals surface area contributed by atoms with Gasteiger partial charge in [-0.2, -0.15) is 5.26 Å². The van der Waals surface area contributed by atoms with Crippen LogP contribution in [0.2, 0.25) is 5.02 Å². The maximum atomic E-state index is 12.4. The van der Waals surface area contributed by atoms with Gasteiger partial charge in [0.15, 0.2) is 6.10 Å². The molecule has 0 fully saturated rings. The first-order valence-electron chi connectivity index (χ1n) is 9.21. The molecule has 1 amide bonds. The molecule has 1 atom stereocenters.